The van der Waals surface area contributed by atoms with Crippen molar-refractivity contribution >= 4 is 22.0 Å². The lowest BCUT2D eigenvalue weighted by Crippen LogP contribution is -2.16. The van der Waals surface area contributed by atoms with E-state index in [2.05, 4.69) is 30.9 Å². The summed E-state index contributed by atoms with van der Waals surface area (Å²) in [5, 5.41) is 20.0. The number of aryl methyl sites for hydroxylation is 2. The molecule has 0 saturated heterocycles. The highest BCUT2D eigenvalue weighted by molar-refractivity contribution is 7.16. The van der Waals surface area contributed by atoms with E-state index in [1.54, 1.807) is 11.7 Å². The number of anilines is 1. The Bertz CT molecular complexity index is 1130. The van der Waals surface area contributed by atoms with E-state index in [1.165, 1.54) is 21.9 Å². The first-order chi connectivity index (χ1) is 12.6. The maximum atomic E-state index is 12.2. The molecule has 0 atom stereocenters. The summed E-state index contributed by atoms with van der Waals surface area (Å²) in [7, 11) is 1.79. The quantitative estimate of drug-likeness (QED) is 0.569. The molecule has 4 aromatic rings. The minimum atomic E-state index is -0.165. The predicted octanol–water partition coefficient (Wildman–Crippen LogP) is 1.52. The molecule has 1 N–H and O–H groups in total. The molecule has 0 fully saturated rings. The van der Waals surface area contributed by atoms with E-state index >= 15 is 0 Å². The van der Waals surface area contributed by atoms with Gasteiger partial charge >= 0.3 is 0 Å². The van der Waals surface area contributed by atoms with Crippen LogP contribution in [0.1, 0.15) is 17.6 Å². The number of nitrogens with one attached hydrogen (secondary N) is 1. The Morgan fingerprint density at radius 1 is 1.27 bits per heavy atom. The highest BCUT2D eigenvalue weighted by atomic mass is 32.1. The number of fused-ring (bicyclic) bond motifs is 1. The van der Waals surface area contributed by atoms with Crippen LogP contribution in [-0.4, -0.2) is 34.8 Å². The second-order valence-electron chi connectivity index (χ2n) is 5.69. The molecule has 132 valence electrons. The van der Waals surface area contributed by atoms with Crippen molar-refractivity contribution in [2.24, 2.45) is 7.05 Å². The van der Waals surface area contributed by atoms with Gasteiger partial charge in [0.15, 0.2) is 5.82 Å². The topological polar surface area (TPSA) is 103 Å². The number of hydrogen-bond donors (Lipinski definition) is 1. The summed E-state index contributed by atoms with van der Waals surface area (Å²) in [4.78, 5) is 17.3. The van der Waals surface area contributed by atoms with Gasteiger partial charge in [-0.15, -0.1) is 5.10 Å². The van der Waals surface area contributed by atoms with Gasteiger partial charge in [-0.1, -0.05) is 30.4 Å². The van der Waals surface area contributed by atoms with Crippen LogP contribution in [0.15, 0.2) is 35.1 Å². The van der Waals surface area contributed by atoms with Crippen LogP contribution in [0.25, 0.3) is 16.3 Å². The van der Waals surface area contributed by atoms with Crippen molar-refractivity contribution in [1.29, 1.82) is 0 Å². The maximum Gasteiger partial charge on any atom is 0.275 e. The molecule has 0 unspecified atom stereocenters. The molecule has 0 aliphatic rings. The van der Waals surface area contributed by atoms with Crippen LogP contribution in [-0.2, 0) is 20.0 Å². The largest absolute Gasteiger partial charge is 0.379 e. The molecule has 0 aliphatic heterocycles. The summed E-state index contributed by atoms with van der Waals surface area (Å²) in [5.74, 6) is 0.684. The van der Waals surface area contributed by atoms with Gasteiger partial charge in [-0.2, -0.15) is 9.61 Å². The number of hydrogen-bond acceptors (Lipinski definition) is 8. The van der Waals surface area contributed by atoms with Crippen molar-refractivity contribution in [3.63, 3.8) is 0 Å². The molecule has 0 bridgehead atoms. The van der Waals surface area contributed by atoms with Crippen molar-refractivity contribution in [1.82, 2.24) is 34.8 Å². The Balaban J connectivity index is 1.57. The molecule has 0 radical (unpaired) electrons. The van der Waals surface area contributed by atoms with Gasteiger partial charge in [-0.05, 0) is 29.0 Å². The Morgan fingerprint density at radius 2 is 2.15 bits per heavy atom. The zero-order valence-electron chi connectivity index (χ0n) is 14.2. The molecule has 4 rings (SSSR count). The van der Waals surface area contributed by atoms with Crippen molar-refractivity contribution in [3.8, 4) is 11.4 Å². The van der Waals surface area contributed by atoms with Crippen molar-refractivity contribution in [3.05, 3.63) is 51.4 Å². The van der Waals surface area contributed by atoms with Gasteiger partial charge in [0.25, 0.3) is 5.56 Å². The minimum absolute atomic E-state index is 0.165. The first-order valence-corrected chi connectivity index (χ1v) is 8.91. The van der Waals surface area contributed by atoms with Crippen LogP contribution in [0.2, 0.25) is 0 Å². The standard InChI is InChI=1S/C16H16N8OS/c1-3-13-20-24-14(25)8-12(18-16(24)26-13)9-17-11-6-4-5-10(7-11)15-19-21-22-23(15)2/h4-8,17H,3,9H2,1-2H3. The van der Waals surface area contributed by atoms with E-state index in [1.807, 2.05) is 31.2 Å². The summed E-state index contributed by atoms with van der Waals surface area (Å²) >= 11 is 1.44. The van der Waals surface area contributed by atoms with Crippen LogP contribution < -0.4 is 10.9 Å². The zero-order chi connectivity index (χ0) is 18.1. The summed E-state index contributed by atoms with van der Waals surface area (Å²) in [6, 6.07) is 9.28. The summed E-state index contributed by atoms with van der Waals surface area (Å²) < 4.78 is 2.97. The second kappa shape index (κ2) is 6.64. The van der Waals surface area contributed by atoms with Gasteiger partial charge < -0.3 is 5.32 Å². The molecule has 0 saturated carbocycles. The third-order valence-electron chi connectivity index (χ3n) is 3.86. The monoisotopic (exact) mass is 368 g/mol. The van der Waals surface area contributed by atoms with Crippen LogP contribution in [0.5, 0.6) is 0 Å². The van der Waals surface area contributed by atoms with E-state index in [4.69, 9.17) is 0 Å². The van der Waals surface area contributed by atoms with Crippen LogP contribution in [0.3, 0.4) is 0 Å². The number of rotatable bonds is 5. The molecular formula is C16H16N8OS. The predicted molar refractivity (Wildman–Crippen MR) is 98.1 cm³/mol. The summed E-state index contributed by atoms with van der Waals surface area (Å²) in [6.07, 6.45) is 0.782. The first kappa shape index (κ1) is 16.3. The van der Waals surface area contributed by atoms with Gasteiger partial charge in [0.05, 0.1) is 12.2 Å². The highest BCUT2D eigenvalue weighted by Gasteiger charge is 2.09. The average Bonchev–Trinajstić information content (AvgIpc) is 3.26. The number of tetrazole rings is 1. The fraction of sp³-hybridized carbons (Fsp3) is 0.250. The third kappa shape index (κ3) is 3.06. The molecule has 0 aliphatic carbocycles. The van der Waals surface area contributed by atoms with Crippen LogP contribution in [0, 0.1) is 0 Å². The van der Waals surface area contributed by atoms with E-state index in [0.717, 1.165) is 22.7 Å². The van der Waals surface area contributed by atoms with Crippen molar-refractivity contribution in [2.75, 3.05) is 5.32 Å². The molecular weight excluding hydrogens is 352 g/mol. The van der Waals surface area contributed by atoms with Crippen molar-refractivity contribution in [2.45, 2.75) is 19.9 Å². The lowest BCUT2D eigenvalue weighted by molar-refractivity contribution is 0.714. The molecule has 9 nitrogen and oxygen atoms in total. The summed E-state index contributed by atoms with van der Waals surface area (Å²) in [5.41, 5.74) is 2.31. The Kier molecular flexibility index (Phi) is 4.17. The van der Waals surface area contributed by atoms with Crippen molar-refractivity contribution < 1.29 is 0 Å². The fourth-order valence-electron chi connectivity index (χ4n) is 2.56. The van der Waals surface area contributed by atoms with Crippen LogP contribution in [0.4, 0.5) is 5.69 Å². The van der Waals surface area contributed by atoms with E-state index in [-0.39, 0.29) is 5.56 Å². The number of aromatic nitrogens is 7. The smallest absolute Gasteiger partial charge is 0.275 e. The highest BCUT2D eigenvalue weighted by Crippen LogP contribution is 2.20. The normalized spacial score (nSPS) is 11.2. The van der Waals surface area contributed by atoms with E-state index in [0.29, 0.717) is 23.0 Å². The minimum Gasteiger partial charge on any atom is -0.379 e. The Morgan fingerprint density at radius 3 is 2.92 bits per heavy atom. The lowest BCUT2D eigenvalue weighted by atomic mass is 10.2. The Labute approximate surface area is 152 Å². The first-order valence-electron chi connectivity index (χ1n) is 8.09. The van der Waals surface area contributed by atoms with E-state index < -0.39 is 0 Å². The number of nitrogens with zero attached hydrogens (tertiary/aromatic N) is 7. The Hall–Kier alpha value is -3.14. The molecule has 0 spiro atoms. The second-order valence-corrected chi connectivity index (χ2v) is 6.73. The van der Waals surface area contributed by atoms with E-state index in [9.17, 15) is 4.79 Å². The molecule has 3 heterocycles. The molecule has 26 heavy (non-hydrogen) atoms. The molecule has 1 aromatic carbocycles. The third-order valence-corrected chi connectivity index (χ3v) is 4.91. The number of benzene rings is 1. The zero-order valence-corrected chi connectivity index (χ0v) is 15.1. The van der Waals surface area contributed by atoms with Gasteiger partial charge in [-0.3, -0.25) is 4.79 Å². The van der Waals surface area contributed by atoms with Gasteiger partial charge in [-0.25, -0.2) is 9.67 Å². The van der Waals surface area contributed by atoms with Gasteiger partial charge in [0.1, 0.15) is 5.01 Å². The average molecular weight is 368 g/mol. The molecule has 3 aromatic heterocycles. The fourth-order valence-corrected chi connectivity index (χ4v) is 3.42. The maximum absolute atomic E-state index is 12.2. The summed E-state index contributed by atoms with van der Waals surface area (Å²) in [6.45, 7) is 2.44. The molecule has 0 amide bonds. The van der Waals surface area contributed by atoms with Crippen LogP contribution >= 0.6 is 11.3 Å². The lowest BCUT2D eigenvalue weighted by Gasteiger charge is -2.07. The van der Waals surface area contributed by atoms with Gasteiger partial charge in [0, 0.05) is 24.4 Å². The van der Waals surface area contributed by atoms with Gasteiger partial charge in [0.2, 0.25) is 4.96 Å². The SMILES string of the molecule is CCc1nn2c(=O)cc(CNc3cccc(-c4nnnn4C)c3)nc2s1. The molecule has 10 heteroatoms.